The van der Waals surface area contributed by atoms with E-state index < -0.39 is 5.60 Å². The number of piperazine rings is 1. The van der Waals surface area contributed by atoms with Crippen LogP contribution in [0.2, 0.25) is 10.0 Å². The third kappa shape index (κ3) is 5.12. The number of hydrogen-bond donors (Lipinski definition) is 0. The molecule has 3 heterocycles. The molecule has 3 aliphatic heterocycles. The average Bonchev–Trinajstić information content (AvgIpc) is 3.30. The van der Waals surface area contributed by atoms with Crippen LogP contribution in [0, 0.1) is 0 Å². The third-order valence-electron chi connectivity index (χ3n) is 6.44. The molecule has 3 fully saturated rings. The number of carbonyl (C=O) groups is 2. The molecule has 2 amide bonds. The van der Waals surface area contributed by atoms with Gasteiger partial charge in [-0.1, -0.05) is 23.2 Å². The van der Waals surface area contributed by atoms with Crippen LogP contribution in [-0.4, -0.2) is 91.0 Å². The van der Waals surface area contributed by atoms with Crippen molar-refractivity contribution in [2.24, 2.45) is 0 Å². The van der Waals surface area contributed by atoms with E-state index in [1.165, 1.54) is 0 Å². The largest absolute Gasteiger partial charge is 0.496 e. The summed E-state index contributed by atoms with van der Waals surface area (Å²) in [6.45, 7) is 9.32. The fraction of sp³-hybridized carbons (Fsp3) is 0.652. The predicted octanol–water partition coefficient (Wildman–Crippen LogP) is 4.23. The van der Waals surface area contributed by atoms with Gasteiger partial charge in [0.05, 0.1) is 23.2 Å². The standard InChI is InChI=1S/C23H31Cl2N3O5/c1-23(2,3)33-21(29)27-9-7-26(8-10-27)13-18-16-11-14(12-28(16)22(30)32-18)19-17(31-4)6-5-15(24)20(19)25/h5-6,14,16,18H,7-13H2,1-4H3/t14-,16-,18?/m0/s1. The molecule has 3 aliphatic rings. The first kappa shape index (κ1) is 24.2. The lowest BCUT2D eigenvalue weighted by molar-refractivity contribution is 0.0101. The van der Waals surface area contributed by atoms with Gasteiger partial charge in [-0.3, -0.25) is 4.90 Å². The summed E-state index contributed by atoms with van der Waals surface area (Å²) >= 11 is 12.8. The SMILES string of the molecule is COc1ccc(Cl)c(Cl)c1[C@H]1C[C@H]2C(CN3CCN(C(=O)OC(C)(C)C)CC3)OC(=O)N2C1. The maximum Gasteiger partial charge on any atom is 0.410 e. The lowest BCUT2D eigenvalue weighted by Gasteiger charge is -2.36. The van der Waals surface area contributed by atoms with Crippen LogP contribution >= 0.6 is 23.2 Å². The number of ether oxygens (including phenoxy) is 3. The van der Waals surface area contributed by atoms with Gasteiger partial charge in [0.15, 0.2) is 0 Å². The molecule has 0 aromatic heterocycles. The second-order valence-electron chi connectivity index (χ2n) is 9.82. The smallest absolute Gasteiger partial charge is 0.410 e. The van der Waals surface area contributed by atoms with Crippen molar-refractivity contribution in [3.05, 3.63) is 27.7 Å². The van der Waals surface area contributed by atoms with Crippen LogP contribution in [0.5, 0.6) is 5.75 Å². The zero-order chi connectivity index (χ0) is 23.9. The van der Waals surface area contributed by atoms with Gasteiger partial charge in [-0.15, -0.1) is 0 Å². The van der Waals surface area contributed by atoms with Gasteiger partial charge in [-0.25, -0.2) is 9.59 Å². The second-order valence-corrected chi connectivity index (χ2v) is 10.6. The minimum Gasteiger partial charge on any atom is -0.496 e. The van der Waals surface area contributed by atoms with Gasteiger partial charge in [-0.2, -0.15) is 0 Å². The zero-order valence-electron chi connectivity index (χ0n) is 19.5. The van der Waals surface area contributed by atoms with Gasteiger partial charge in [0.1, 0.15) is 17.5 Å². The average molecular weight is 500 g/mol. The van der Waals surface area contributed by atoms with E-state index in [-0.39, 0.29) is 30.3 Å². The fourth-order valence-corrected chi connectivity index (χ4v) is 5.35. The van der Waals surface area contributed by atoms with E-state index >= 15 is 0 Å². The Labute approximate surface area is 204 Å². The molecule has 0 spiro atoms. The number of methoxy groups -OCH3 is 1. The lowest BCUT2D eigenvalue weighted by atomic mass is 9.93. The summed E-state index contributed by atoms with van der Waals surface area (Å²) < 4.78 is 16.7. The minimum atomic E-state index is -0.511. The summed E-state index contributed by atoms with van der Waals surface area (Å²) in [5.74, 6) is 0.703. The van der Waals surface area contributed by atoms with Crippen molar-refractivity contribution >= 4 is 35.4 Å². The summed E-state index contributed by atoms with van der Waals surface area (Å²) in [6.07, 6.45) is -0.0896. The van der Waals surface area contributed by atoms with E-state index in [9.17, 15) is 9.59 Å². The van der Waals surface area contributed by atoms with Gasteiger partial charge in [0.2, 0.25) is 0 Å². The number of nitrogens with zero attached hydrogens (tertiary/aromatic N) is 3. The molecule has 1 aromatic carbocycles. The quantitative estimate of drug-likeness (QED) is 0.617. The van der Waals surface area contributed by atoms with Gasteiger partial charge >= 0.3 is 12.2 Å². The van der Waals surface area contributed by atoms with Gasteiger partial charge in [-0.05, 0) is 39.3 Å². The van der Waals surface area contributed by atoms with Crippen molar-refractivity contribution in [3.8, 4) is 5.75 Å². The van der Waals surface area contributed by atoms with Crippen molar-refractivity contribution in [1.82, 2.24) is 14.7 Å². The van der Waals surface area contributed by atoms with Crippen LogP contribution in [0.25, 0.3) is 0 Å². The molecule has 4 rings (SSSR count). The van der Waals surface area contributed by atoms with Crippen molar-refractivity contribution in [3.63, 3.8) is 0 Å². The molecule has 33 heavy (non-hydrogen) atoms. The monoisotopic (exact) mass is 499 g/mol. The highest BCUT2D eigenvalue weighted by Gasteiger charge is 2.49. The first-order valence-corrected chi connectivity index (χ1v) is 12.0. The summed E-state index contributed by atoms with van der Waals surface area (Å²) in [7, 11) is 1.60. The van der Waals surface area contributed by atoms with Crippen LogP contribution in [0.15, 0.2) is 12.1 Å². The summed E-state index contributed by atoms with van der Waals surface area (Å²) in [5, 5.41) is 0.951. The summed E-state index contributed by atoms with van der Waals surface area (Å²) in [5.41, 5.74) is 0.335. The Morgan fingerprint density at radius 2 is 1.88 bits per heavy atom. The molecule has 0 N–H and O–H groups in total. The van der Waals surface area contributed by atoms with Crippen LogP contribution in [0.4, 0.5) is 9.59 Å². The second kappa shape index (κ2) is 9.39. The van der Waals surface area contributed by atoms with Gasteiger partial charge in [0.25, 0.3) is 0 Å². The van der Waals surface area contributed by atoms with Crippen LogP contribution in [0.1, 0.15) is 38.7 Å². The van der Waals surface area contributed by atoms with Crippen molar-refractivity contribution in [2.45, 2.75) is 50.9 Å². The molecule has 0 saturated carbocycles. The minimum absolute atomic E-state index is 0.0236. The van der Waals surface area contributed by atoms with Gasteiger partial charge < -0.3 is 24.0 Å². The Kier molecular flexibility index (Phi) is 6.90. The molecule has 3 saturated heterocycles. The number of cyclic esters (lactones) is 1. The predicted molar refractivity (Wildman–Crippen MR) is 125 cm³/mol. The number of halogens is 2. The molecule has 8 nitrogen and oxygen atoms in total. The van der Waals surface area contributed by atoms with E-state index in [0.29, 0.717) is 55.1 Å². The number of hydrogen-bond acceptors (Lipinski definition) is 6. The van der Waals surface area contributed by atoms with Crippen LogP contribution in [0.3, 0.4) is 0 Å². The third-order valence-corrected chi connectivity index (χ3v) is 7.26. The van der Waals surface area contributed by atoms with Crippen molar-refractivity contribution < 1.29 is 23.8 Å². The molecule has 0 radical (unpaired) electrons. The van der Waals surface area contributed by atoms with E-state index in [1.54, 1.807) is 23.0 Å². The molecule has 10 heteroatoms. The zero-order valence-corrected chi connectivity index (χ0v) is 21.0. The summed E-state index contributed by atoms with van der Waals surface area (Å²) in [4.78, 5) is 30.7. The van der Waals surface area contributed by atoms with E-state index in [4.69, 9.17) is 37.4 Å². The highest BCUT2D eigenvalue weighted by Crippen LogP contribution is 2.45. The molecule has 1 aromatic rings. The highest BCUT2D eigenvalue weighted by molar-refractivity contribution is 6.42. The molecule has 182 valence electrons. The van der Waals surface area contributed by atoms with Crippen LogP contribution in [-0.2, 0) is 9.47 Å². The molecule has 0 bridgehead atoms. The van der Waals surface area contributed by atoms with Gasteiger partial charge in [0, 0.05) is 50.7 Å². The molecule has 0 aliphatic carbocycles. The Morgan fingerprint density at radius 1 is 1.18 bits per heavy atom. The Morgan fingerprint density at radius 3 is 2.52 bits per heavy atom. The molecule has 1 unspecified atom stereocenters. The van der Waals surface area contributed by atoms with Crippen LogP contribution < -0.4 is 4.74 Å². The first-order valence-electron chi connectivity index (χ1n) is 11.3. The topological polar surface area (TPSA) is 71.5 Å². The fourth-order valence-electron chi connectivity index (χ4n) is 4.87. The Balaban J connectivity index is 1.38. The highest BCUT2D eigenvalue weighted by atomic mass is 35.5. The number of rotatable bonds is 4. The summed E-state index contributed by atoms with van der Waals surface area (Å²) in [6, 6.07) is 3.49. The Hall–Kier alpha value is -1.90. The van der Waals surface area contributed by atoms with E-state index in [1.807, 2.05) is 26.8 Å². The number of carbonyl (C=O) groups excluding carboxylic acids is 2. The maximum absolute atomic E-state index is 12.6. The molecular weight excluding hydrogens is 469 g/mol. The van der Waals surface area contributed by atoms with E-state index in [0.717, 1.165) is 12.0 Å². The number of fused-ring (bicyclic) bond motifs is 1. The maximum atomic E-state index is 12.6. The number of benzene rings is 1. The molecule has 3 atom stereocenters. The first-order chi connectivity index (χ1) is 15.6. The molecular formula is C23H31Cl2N3O5. The normalized spacial score (nSPS) is 25.8. The van der Waals surface area contributed by atoms with Crippen molar-refractivity contribution in [1.29, 1.82) is 0 Å². The Bertz CT molecular complexity index is 914. The van der Waals surface area contributed by atoms with Crippen molar-refractivity contribution in [2.75, 3.05) is 46.4 Å². The number of amides is 2. The lowest BCUT2D eigenvalue weighted by Crippen LogP contribution is -2.52. The van der Waals surface area contributed by atoms with E-state index in [2.05, 4.69) is 4.90 Å².